The fraction of sp³-hybridized carbons (Fsp3) is 0.250. The van der Waals surface area contributed by atoms with E-state index in [-0.39, 0.29) is 6.23 Å². The Balaban J connectivity index is 1.79. The zero-order chi connectivity index (χ0) is 18.1. The monoisotopic (exact) mass is 364 g/mol. The first kappa shape index (κ1) is 16.8. The summed E-state index contributed by atoms with van der Waals surface area (Å²) in [6.45, 7) is 4.38. The quantitative estimate of drug-likeness (QED) is 0.668. The van der Waals surface area contributed by atoms with E-state index in [4.69, 9.17) is 4.74 Å². The Bertz CT molecular complexity index is 927. The first-order chi connectivity index (χ1) is 12.7. The lowest BCUT2D eigenvalue weighted by Crippen LogP contribution is -2.17. The van der Waals surface area contributed by atoms with Crippen LogP contribution in [-0.4, -0.2) is 21.4 Å². The SMILES string of the molecule is CSc1nnc2c(n1)O[C@H](c1ccc(C(C)C)cc1)Nc1ccccc1-2. The molecule has 1 aliphatic rings. The Morgan fingerprint density at radius 3 is 2.54 bits per heavy atom. The molecule has 4 rings (SSSR count). The molecule has 0 unspecified atom stereocenters. The van der Waals surface area contributed by atoms with Crippen LogP contribution in [0.5, 0.6) is 5.88 Å². The van der Waals surface area contributed by atoms with Crippen LogP contribution in [0.15, 0.2) is 53.7 Å². The van der Waals surface area contributed by atoms with Crippen LogP contribution in [-0.2, 0) is 0 Å². The maximum Gasteiger partial charge on any atom is 0.247 e. The molecule has 0 saturated heterocycles. The van der Waals surface area contributed by atoms with Crippen molar-refractivity contribution in [1.82, 2.24) is 15.2 Å². The highest BCUT2D eigenvalue weighted by Crippen LogP contribution is 2.39. The van der Waals surface area contributed by atoms with Crippen molar-refractivity contribution in [3.63, 3.8) is 0 Å². The zero-order valence-corrected chi connectivity index (χ0v) is 15.7. The molecule has 0 saturated carbocycles. The molecule has 0 bridgehead atoms. The molecule has 26 heavy (non-hydrogen) atoms. The lowest BCUT2D eigenvalue weighted by molar-refractivity contribution is 0.225. The summed E-state index contributed by atoms with van der Waals surface area (Å²) in [5.74, 6) is 0.995. The molecule has 0 aliphatic carbocycles. The zero-order valence-electron chi connectivity index (χ0n) is 14.9. The minimum atomic E-state index is -0.343. The van der Waals surface area contributed by atoms with Crippen molar-refractivity contribution >= 4 is 17.4 Å². The number of nitrogens with one attached hydrogen (secondary N) is 1. The molecule has 3 aromatic rings. The predicted octanol–water partition coefficient (Wildman–Crippen LogP) is 4.89. The van der Waals surface area contributed by atoms with Gasteiger partial charge in [-0.1, -0.05) is 68.1 Å². The summed E-state index contributed by atoms with van der Waals surface area (Å²) in [6.07, 6.45) is 1.58. The normalized spacial score (nSPS) is 15.5. The van der Waals surface area contributed by atoms with Gasteiger partial charge in [-0.15, -0.1) is 10.2 Å². The van der Waals surface area contributed by atoms with Gasteiger partial charge in [-0.2, -0.15) is 4.98 Å². The molecule has 2 aromatic carbocycles. The molecule has 0 fully saturated rings. The van der Waals surface area contributed by atoms with Crippen molar-refractivity contribution in [3.05, 3.63) is 59.7 Å². The van der Waals surface area contributed by atoms with E-state index < -0.39 is 0 Å². The second kappa shape index (κ2) is 6.96. The Morgan fingerprint density at radius 2 is 1.81 bits per heavy atom. The van der Waals surface area contributed by atoms with Crippen LogP contribution >= 0.6 is 11.8 Å². The Hall–Kier alpha value is -2.60. The van der Waals surface area contributed by atoms with E-state index in [0.717, 1.165) is 16.8 Å². The van der Waals surface area contributed by atoms with Crippen LogP contribution in [0, 0.1) is 0 Å². The van der Waals surface area contributed by atoms with Crippen molar-refractivity contribution < 1.29 is 4.74 Å². The van der Waals surface area contributed by atoms with Gasteiger partial charge in [0.05, 0.1) is 0 Å². The van der Waals surface area contributed by atoms with Gasteiger partial charge in [-0.3, -0.25) is 0 Å². The molecular weight excluding hydrogens is 344 g/mol. The number of nitrogens with zero attached hydrogens (tertiary/aromatic N) is 3. The highest BCUT2D eigenvalue weighted by atomic mass is 32.2. The van der Waals surface area contributed by atoms with Crippen LogP contribution in [0.2, 0.25) is 0 Å². The van der Waals surface area contributed by atoms with Crippen LogP contribution < -0.4 is 10.1 Å². The molecule has 1 aliphatic heterocycles. The van der Waals surface area contributed by atoms with E-state index in [1.54, 1.807) is 0 Å². The van der Waals surface area contributed by atoms with Crippen LogP contribution in [0.1, 0.15) is 37.1 Å². The molecule has 0 radical (unpaired) electrons. The van der Waals surface area contributed by atoms with Gasteiger partial charge in [0.15, 0.2) is 11.9 Å². The highest BCUT2D eigenvalue weighted by Gasteiger charge is 2.25. The summed E-state index contributed by atoms with van der Waals surface area (Å²) in [5, 5.41) is 12.6. The molecule has 6 heteroatoms. The van der Waals surface area contributed by atoms with Crippen molar-refractivity contribution in [3.8, 4) is 17.1 Å². The van der Waals surface area contributed by atoms with E-state index in [1.807, 2.05) is 30.5 Å². The summed E-state index contributed by atoms with van der Waals surface area (Å²) >= 11 is 1.45. The summed E-state index contributed by atoms with van der Waals surface area (Å²) in [7, 11) is 0. The number of para-hydroxylation sites is 1. The van der Waals surface area contributed by atoms with Crippen LogP contribution in [0.3, 0.4) is 0 Å². The van der Waals surface area contributed by atoms with Crippen molar-refractivity contribution in [1.29, 1.82) is 0 Å². The molecule has 2 heterocycles. The molecular formula is C20H20N4OS. The standard InChI is InChI=1S/C20H20N4OS/c1-12(2)13-8-10-14(11-9-13)18-21-16-7-5-4-6-15(16)17-19(25-18)22-20(26-3)24-23-17/h4-12,18,21H,1-3H3/t18-/m1/s1. The predicted molar refractivity (Wildman–Crippen MR) is 105 cm³/mol. The van der Waals surface area contributed by atoms with Gasteiger partial charge in [0, 0.05) is 16.8 Å². The van der Waals surface area contributed by atoms with Crippen molar-refractivity contribution in [2.75, 3.05) is 11.6 Å². The fourth-order valence-corrected chi connectivity index (χ4v) is 3.24. The number of hydrogen-bond acceptors (Lipinski definition) is 6. The molecule has 1 N–H and O–H groups in total. The minimum absolute atomic E-state index is 0.343. The average molecular weight is 364 g/mol. The smallest absolute Gasteiger partial charge is 0.247 e. The summed E-state index contributed by atoms with van der Waals surface area (Å²) < 4.78 is 6.23. The van der Waals surface area contributed by atoms with Crippen LogP contribution in [0.4, 0.5) is 5.69 Å². The Kier molecular flexibility index (Phi) is 4.51. The highest BCUT2D eigenvalue weighted by molar-refractivity contribution is 7.98. The number of ether oxygens (including phenoxy) is 1. The van der Waals surface area contributed by atoms with E-state index in [1.165, 1.54) is 17.3 Å². The number of thioether (sulfide) groups is 1. The first-order valence-corrected chi connectivity index (χ1v) is 9.79. The van der Waals surface area contributed by atoms with Gasteiger partial charge in [0.2, 0.25) is 11.0 Å². The summed E-state index contributed by atoms with van der Waals surface area (Å²) in [5.41, 5.74) is 4.90. The maximum atomic E-state index is 6.23. The first-order valence-electron chi connectivity index (χ1n) is 8.57. The number of hydrogen-bond donors (Lipinski definition) is 1. The van der Waals surface area contributed by atoms with Gasteiger partial charge >= 0.3 is 0 Å². The number of benzene rings is 2. The third kappa shape index (κ3) is 3.12. The lowest BCUT2D eigenvalue weighted by atomic mass is 10.0. The van der Waals surface area contributed by atoms with Gasteiger partial charge in [0.1, 0.15) is 0 Å². The van der Waals surface area contributed by atoms with Gasteiger partial charge < -0.3 is 10.1 Å². The number of aromatic nitrogens is 3. The van der Waals surface area contributed by atoms with Crippen molar-refractivity contribution in [2.45, 2.75) is 31.1 Å². The molecule has 132 valence electrons. The van der Waals surface area contributed by atoms with Crippen LogP contribution in [0.25, 0.3) is 11.3 Å². The van der Waals surface area contributed by atoms with Gasteiger partial charge in [-0.25, -0.2) is 0 Å². The number of fused-ring (bicyclic) bond motifs is 3. The van der Waals surface area contributed by atoms with E-state index in [9.17, 15) is 0 Å². The molecule has 5 nitrogen and oxygen atoms in total. The van der Waals surface area contributed by atoms with Gasteiger partial charge in [-0.05, 0) is 23.8 Å². The van der Waals surface area contributed by atoms with E-state index >= 15 is 0 Å². The summed E-state index contributed by atoms with van der Waals surface area (Å²) in [4.78, 5) is 4.54. The van der Waals surface area contributed by atoms with E-state index in [2.05, 4.69) is 58.6 Å². The fourth-order valence-electron chi connectivity index (χ4n) is 2.94. The Morgan fingerprint density at radius 1 is 1.04 bits per heavy atom. The molecule has 0 spiro atoms. The third-order valence-electron chi connectivity index (χ3n) is 4.42. The third-order valence-corrected chi connectivity index (χ3v) is 4.96. The van der Waals surface area contributed by atoms with Crippen molar-refractivity contribution in [2.24, 2.45) is 0 Å². The maximum absolute atomic E-state index is 6.23. The minimum Gasteiger partial charge on any atom is -0.448 e. The largest absolute Gasteiger partial charge is 0.448 e. The average Bonchev–Trinajstić information content (AvgIpc) is 2.84. The van der Waals surface area contributed by atoms with Gasteiger partial charge in [0.25, 0.3) is 0 Å². The number of anilines is 1. The lowest BCUT2D eigenvalue weighted by Gasteiger charge is -2.20. The topological polar surface area (TPSA) is 59.9 Å². The second-order valence-corrected chi connectivity index (χ2v) is 7.23. The molecule has 1 atom stereocenters. The number of rotatable bonds is 3. The Labute approximate surface area is 157 Å². The van der Waals surface area contributed by atoms with E-state index in [0.29, 0.717) is 22.6 Å². The second-order valence-electron chi connectivity index (χ2n) is 6.46. The molecule has 0 amide bonds. The summed E-state index contributed by atoms with van der Waals surface area (Å²) in [6, 6.07) is 16.5. The molecule has 1 aromatic heterocycles.